The summed E-state index contributed by atoms with van der Waals surface area (Å²) in [5, 5.41) is 21.2. The first-order valence-corrected chi connectivity index (χ1v) is 12.4. The fourth-order valence-corrected chi connectivity index (χ4v) is 4.21. The van der Waals surface area contributed by atoms with Gasteiger partial charge in [-0.15, -0.1) is 0 Å². The van der Waals surface area contributed by atoms with E-state index in [1.165, 1.54) is 0 Å². The molecule has 2 aromatic rings. The molecule has 2 N–H and O–H groups in total. The van der Waals surface area contributed by atoms with Crippen LogP contribution in [-0.2, 0) is 12.0 Å². The summed E-state index contributed by atoms with van der Waals surface area (Å²) in [4.78, 5) is 8.97. The van der Waals surface area contributed by atoms with Crippen LogP contribution < -0.4 is 4.74 Å². The molecule has 0 saturated carbocycles. The summed E-state index contributed by atoms with van der Waals surface area (Å²) in [6.45, 7) is 7.73. The number of fused-ring (bicyclic) bond motifs is 3. The molecule has 0 fully saturated rings. The van der Waals surface area contributed by atoms with Crippen molar-refractivity contribution in [1.82, 2.24) is 4.98 Å². The van der Waals surface area contributed by atoms with Crippen LogP contribution in [0, 0.1) is 6.92 Å². The molecule has 0 saturated heterocycles. The Morgan fingerprint density at radius 3 is 2.70 bits per heavy atom. The predicted octanol–water partition coefficient (Wildman–Crippen LogP) is 6.37. The molecular weight excluding hydrogens is 460 g/mol. The number of allylic oxidation sites excluding steroid dienone is 6. The normalized spacial score (nSPS) is 20.8. The van der Waals surface area contributed by atoms with Crippen LogP contribution in [0.25, 0.3) is 17.7 Å². The zero-order valence-electron chi connectivity index (χ0n) is 22.3. The first-order chi connectivity index (χ1) is 17.9. The molecule has 2 bridgehead atoms. The van der Waals surface area contributed by atoms with Crippen molar-refractivity contribution in [3.05, 3.63) is 112 Å². The average Bonchev–Trinajstić information content (AvgIpc) is 2.92. The van der Waals surface area contributed by atoms with Crippen LogP contribution in [0.5, 0.6) is 5.88 Å². The highest BCUT2D eigenvalue weighted by Crippen LogP contribution is 2.36. The minimum atomic E-state index is -1.37. The number of hydrogen-bond acceptors (Lipinski definition) is 5. The van der Waals surface area contributed by atoms with Gasteiger partial charge in [-0.1, -0.05) is 60.7 Å². The number of pyridine rings is 1. The minimum absolute atomic E-state index is 0.0224. The van der Waals surface area contributed by atoms with Crippen LogP contribution >= 0.6 is 0 Å². The maximum atomic E-state index is 12.1. The molecule has 1 aromatic carbocycles. The molecule has 1 aliphatic carbocycles. The van der Waals surface area contributed by atoms with Gasteiger partial charge in [0.25, 0.3) is 0 Å². The molecule has 0 radical (unpaired) electrons. The Labute approximate surface area is 220 Å². The molecule has 1 aromatic heterocycles. The van der Waals surface area contributed by atoms with Gasteiger partial charge in [-0.05, 0) is 79.7 Å². The minimum Gasteiger partial charge on any atom is -0.481 e. The number of aromatic nitrogens is 1. The maximum absolute atomic E-state index is 12.1. The van der Waals surface area contributed by atoms with Gasteiger partial charge in [0, 0.05) is 24.0 Å². The molecule has 0 amide bonds. The summed E-state index contributed by atoms with van der Waals surface area (Å²) in [7, 11) is 1.61. The van der Waals surface area contributed by atoms with Gasteiger partial charge in [0.15, 0.2) is 0 Å². The molecule has 1 unspecified atom stereocenters. The SMILES string of the molecule is CC=N/C=C(\C)C1(O)/C=C/c2c(cc(OC)nc2/C=C\C)C(/C=C\C=CCO)=C/Cc2cc1ccc2C. The van der Waals surface area contributed by atoms with Gasteiger partial charge in [-0.2, -0.15) is 0 Å². The lowest BCUT2D eigenvalue weighted by atomic mass is 9.84. The fourth-order valence-electron chi connectivity index (χ4n) is 4.21. The van der Waals surface area contributed by atoms with Crippen LogP contribution in [0.4, 0.5) is 0 Å². The van der Waals surface area contributed by atoms with E-state index >= 15 is 0 Å². The first-order valence-electron chi connectivity index (χ1n) is 12.4. The second-order valence-electron chi connectivity index (χ2n) is 8.80. The van der Waals surface area contributed by atoms with Crippen molar-refractivity contribution < 1.29 is 14.9 Å². The number of aryl methyl sites for hydroxylation is 1. The number of rotatable bonds is 7. The number of nitrogens with zero attached hydrogens (tertiary/aromatic N) is 2. The molecule has 1 atom stereocenters. The summed E-state index contributed by atoms with van der Waals surface area (Å²) in [5.74, 6) is 0.501. The standard InChI is InChI=1S/C32H36N2O3/c1-6-11-30-28-17-18-32(36,24(4)22-33-7-2)27-16-13-23(3)26(20-27)15-14-25(12-9-8-10-19-35)29(28)21-31(34-30)37-5/h6-14,16-18,20-22,35-36H,15,19H2,1-5H3/b10-8?,11-6-,12-9-,18-17+,24-22+,25-14+,33-7?. The average molecular weight is 497 g/mol. The second-order valence-corrected chi connectivity index (χ2v) is 8.80. The lowest BCUT2D eigenvalue weighted by molar-refractivity contribution is 0.130. The molecule has 37 heavy (non-hydrogen) atoms. The number of methoxy groups -OCH3 is 1. The molecule has 5 nitrogen and oxygen atoms in total. The van der Waals surface area contributed by atoms with Crippen LogP contribution in [0.3, 0.4) is 0 Å². The summed E-state index contributed by atoms with van der Waals surface area (Å²) in [5.41, 5.74) is 5.86. The smallest absolute Gasteiger partial charge is 0.214 e. The summed E-state index contributed by atoms with van der Waals surface area (Å²) in [6.07, 6.45) is 21.3. The maximum Gasteiger partial charge on any atom is 0.214 e. The second kappa shape index (κ2) is 12.9. The van der Waals surface area contributed by atoms with Crippen LogP contribution in [0.2, 0.25) is 0 Å². The zero-order valence-corrected chi connectivity index (χ0v) is 22.3. The molecule has 5 heteroatoms. The van der Waals surface area contributed by atoms with E-state index in [1.807, 2.05) is 81.5 Å². The molecule has 3 rings (SSSR count). The van der Waals surface area contributed by atoms with Gasteiger partial charge in [-0.3, -0.25) is 4.99 Å². The van der Waals surface area contributed by atoms with Crippen molar-refractivity contribution in [2.75, 3.05) is 13.7 Å². The Kier molecular flexibility index (Phi) is 9.72. The van der Waals surface area contributed by atoms with E-state index in [0.29, 0.717) is 17.9 Å². The Morgan fingerprint density at radius 1 is 1.19 bits per heavy atom. The number of ether oxygens (including phenoxy) is 1. The largest absolute Gasteiger partial charge is 0.481 e. The number of benzene rings is 1. The Hall–Kier alpha value is -3.80. The van der Waals surface area contributed by atoms with Gasteiger partial charge in [0.2, 0.25) is 5.88 Å². The number of hydrogen-bond donors (Lipinski definition) is 2. The topological polar surface area (TPSA) is 74.9 Å². The van der Waals surface area contributed by atoms with E-state index in [2.05, 4.69) is 24.1 Å². The lowest BCUT2D eigenvalue weighted by Gasteiger charge is -2.27. The van der Waals surface area contributed by atoms with Crippen molar-refractivity contribution in [2.45, 2.75) is 39.7 Å². The Balaban J connectivity index is 2.40. The quantitative estimate of drug-likeness (QED) is 0.345. The van der Waals surface area contributed by atoms with Gasteiger partial charge in [-0.25, -0.2) is 4.98 Å². The number of aliphatic imine (C=N–C) groups is 1. The van der Waals surface area contributed by atoms with E-state index in [-0.39, 0.29) is 6.61 Å². The first kappa shape index (κ1) is 27.8. The molecule has 1 aliphatic rings. The molecule has 0 spiro atoms. The van der Waals surface area contributed by atoms with Crippen molar-refractivity contribution in [3.8, 4) is 5.88 Å². The molecule has 0 aliphatic heterocycles. The third-order valence-electron chi connectivity index (χ3n) is 6.38. The van der Waals surface area contributed by atoms with Crippen molar-refractivity contribution in [3.63, 3.8) is 0 Å². The highest BCUT2D eigenvalue weighted by Gasteiger charge is 2.30. The third-order valence-corrected chi connectivity index (χ3v) is 6.38. The van der Waals surface area contributed by atoms with Crippen molar-refractivity contribution >= 4 is 23.9 Å². The highest BCUT2D eigenvalue weighted by atomic mass is 16.5. The number of aliphatic hydroxyl groups excluding tert-OH is 1. The van der Waals surface area contributed by atoms with Crippen LogP contribution in [0.1, 0.15) is 54.3 Å². The molecular formula is C32H36N2O3. The van der Waals surface area contributed by atoms with Crippen LogP contribution in [-0.4, -0.2) is 35.1 Å². The summed E-state index contributed by atoms with van der Waals surface area (Å²) >= 11 is 0. The Morgan fingerprint density at radius 2 is 2.00 bits per heavy atom. The number of aliphatic hydroxyl groups is 2. The van der Waals surface area contributed by atoms with Crippen molar-refractivity contribution in [2.24, 2.45) is 4.99 Å². The van der Waals surface area contributed by atoms with Gasteiger partial charge < -0.3 is 14.9 Å². The fraction of sp³-hybridized carbons (Fsp3) is 0.250. The van der Waals surface area contributed by atoms with Crippen molar-refractivity contribution in [1.29, 1.82) is 0 Å². The van der Waals surface area contributed by atoms with E-state index in [9.17, 15) is 5.11 Å². The zero-order chi connectivity index (χ0) is 26.8. The van der Waals surface area contributed by atoms with E-state index in [1.54, 1.807) is 25.6 Å². The van der Waals surface area contributed by atoms with E-state index in [4.69, 9.17) is 14.8 Å². The third kappa shape index (κ3) is 6.50. The molecule has 1 heterocycles. The Bertz CT molecular complexity index is 1330. The summed E-state index contributed by atoms with van der Waals surface area (Å²) < 4.78 is 5.55. The predicted molar refractivity (Wildman–Crippen MR) is 155 cm³/mol. The molecule has 192 valence electrons. The van der Waals surface area contributed by atoms with Gasteiger partial charge in [0.1, 0.15) is 5.60 Å². The highest BCUT2D eigenvalue weighted by molar-refractivity contribution is 5.84. The van der Waals surface area contributed by atoms with Gasteiger partial charge in [0.05, 0.1) is 19.4 Å². The lowest BCUT2D eigenvalue weighted by Crippen LogP contribution is -2.25. The van der Waals surface area contributed by atoms with Gasteiger partial charge >= 0.3 is 0 Å². The van der Waals surface area contributed by atoms with Crippen LogP contribution in [0.15, 0.2) is 83.6 Å². The van der Waals surface area contributed by atoms with E-state index in [0.717, 1.165) is 39.1 Å². The summed E-state index contributed by atoms with van der Waals surface area (Å²) in [6, 6.07) is 8.01. The monoisotopic (exact) mass is 496 g/mol. The van der Waals surface area contributed by atoms with E-state index < -0.39 is 5.60 Å².